The molecule has 4 amide bonds. The lowest BCUT2D eigenvalue weighted by Crippen LogP contribution is -2.48. The van der Waals surface area contributed by atoms with Crippen molar-refractivity contribution in [3.63, 3.8) is 0 Å². The van der Waals surface area contributed by atoms with Gasteiger partial charge in [-0.15, -0.1) is 11.3 Å². The molecule has 8 nitrogen and oxygen atoms in total. The zero-order valence-electron chi connectivity index (χ0n) is 15.9. The van der Waals surface area contributed by atoms with Gasteiger partial charge in [-0.3, -0.25) is 15.0 Å². The summed E-state index contributed by atoms with van der Waals surface area (Å²) >= 11 is 7.51. The Bertz CT molecular complexity index is 1170. The van der Waals surface area contributed by atoms with Gasteiger partial charge in [0.1, 0.15) is 10.4 Å². The predicted molar refractivity (Wildman–Crippen MR) is 110 cm³/mol. The number of para-hydroxylation sites is 1. The number of carbonyl (C=O) groups excluding carboxylic acids is 3. The van der Waals surface area contributed by atoms with E-state index < -0.39 is 23.4 Å². The fourth-order valence-corrected chi connectivity index (χ4v) is 4.41. The minimum absolute atomic E-state index is 0.354. The number of hydrogen-bond donors (Lipinski definition) is 2. The first-order valence-electron chi connectivity index (χ1n) is 8.97. The fourth-order valence-electron chi connectivity index (χ4n) is 3.13. The van der Waals surface area contributed by atoms with Crippen LogP contribution in [-0.2, 0) is 4.79 Å². The van der Waals surface area contributed by atoms with Crippen LogP contribution in [0.4, 0.5) is 4.79 Å². The number of amides is 4. The van der Waals surface area contributed by atoms with Gasteiger partial charge < -0.3 is 5.32 Å². The lowest BCUT2D eigenvalue weighted by Gasteiger charge is -2.19. The molecule has 1 aromatic carbocycles. The van der Waals surface area contributed by atoms with E-state index in [0.29, 0.717) is 22.0 Å². The van der Waals surface area contributed by atoms with Crippen LogP contribution in [0.2, 0.25) is 5.02 Å². The van der Waals surface area contributed by atoms with E-state index in [-0.39, 0.29) is 0 Å². The van der Waals surface area contributed by atoms with Crippen molar-refractivity contribution in [3.05, 3.63) is 45.9 Å². The third-order valence-corrected chi connectivity index (χ3v) is 6.46. The molecule has 1 atom stereocenters. The number of thiophene rings is 1. The average molecular weight is 432 g/mol. The monoisotopic (exact) mass is 431 g/mol. The van der Waals surface area contributed by atoms with Crippen LogP contribution >= 0.6 is 22.9 Å². The molecule has 1 saturated heterocycles. The van der Waals surface area contributed by atoms with Crippen molar-refractivity contribution in [1.29, 1.82) is 0 Å². The van der Waals surface area contributed by atoms with Crippen LogP contribution in [0, 0.1) is 6.92 Å². The zero-order valence-corrected chi connectivity index (χ0v) is 17.5. The summed E-state index contributed by atoms with van der Waals surface area (Å²) in [6.07, 6.45) is 0.416. The number of rotatable bonds is 4. The summed E-state index contributed by atoms with van der Waals surface area (Å²) in [6.45, 7) is 5.26. The Morgan fingerprint density at radius 3 is 2.72 bits per heavy atom. The Morgan fingerprint density at radius 1 is 1.34 bits per heavy atom. The van der Waals surface area contributed by atoms with Crippen LogP contribution in [-0.4, -0.2) is 38.2 Å². The Balaban J connectivity index is 1.67. The highest BCUT2D eigenvalue weighted by molar-refractivity contribution is 7.20. The minimum Gasteiger partial charge on any atom is -0.322 e. The first kappa shape index (κ1) is 19.4. The molecule has 1 unspecified atom stereocenters. The lowest BCUT2D eigenvalue weighted by atomic mass is 10.00. The Morgan fingerprint density at radius 2 is 2.07 bits per heavy atom. The third kappa shape index (κ3) is 3.06. The van der Waals surface area contributed by atoms with E-state index in [4.69, 9.17) is 11.6 Å². The van der Waals surface area contributed by atoms with Crippen molar-refractivity contribution in [2.45, 2.75) is 32.7 Å². The van der Waals surface area contributed by atoms with Crippen LogP contribution < -0.4 is 10.7 Å². The second-order valence-corrected chi connectivity index (χ2v) is 8.41. The Labute approximate surface area is 175 Å². The summed E-state index contributed by atoms with van der Waals surface area (Å²) in [5.41, 5.74) is 2.83. The number of carbonyl (C=O) groups is 3. The molecule has 10 heteroatoms. The Kier molecular flexibility index (Phi) is 4.59. The van der Waals surface area contributed by atoms with Crippen LogP contribution in [0.15, 0.2) is 30.3 Å². The minimum atomic E-state index is -1.02. The normalized spacial score (nSPS) is 19.1. The molecule has 0 spiro atoms. The van der Waals surface area contributed by atoms with Gasteiger partial charge in [0.15, 0.2) is 0 Å². The average Bonchev–Trinajstić information content (AvgIpc) is 3.32. The van der Waals surface area contributed by atoms with Crippen LogP contribution in [0.3, 0.4) is 0 Å². The van der Waals surface area contributed by atoms with E-state index in [1.54, 1.807) is 30.7 Å². The maximum atomic E-state index is 12.8. The molecule has 2 N–H and O–H groups in total. The number of imide groups is 1. The number of benzene rings is 1. The summed E-state index contributed by atoms with van der Waals surface area (Å²) in [5, 5.41) is 9.20. The standard InChI is InChI=1S/C19H18ClN5O3S/c1-4-19(3)17(27)25(18(28)21-19)23-15(26)14-9-11-10(2)22-24(16(11)29-14)13-8-6-5-7-12(13)20/h5-9H,4H2,1-3H3,(H,21,28)(H,23,26). The first-order valence-corrected chi connectivity index (χ1v) is 10.2. The molecule has 0 radical (unpaired) electrons. The fraction of sp³-hybridized carbons (Fsp3) is 0.263. The summed E-state index contributed by atoms with van der Waals surface area (Å²) in [7, 11) is 0. The van der Waals surface area contributed by atoms with E-state index in [0.717, 1.165) is 20.9 Å². The molecule has 1 fully saturated rings. The van der Waals surface area contributed by atoms with E-state index in [1.165, 1.54) is 11.3 Å². The van der Waals surface area contributed by atoms with E-state index in [2.05, 4.69) is 15.8 Å². The molecule has 2 aromatic heterocycles. The number of urea groups is 1. The highest BCUT2D eigenvalue weighted by Crippen LogP contribution is 2.32. The van der Waals surface area contributed by atoms with Crippen LogP contribution in [0.1, 0.15) is 35.6 Å². The Hall–Kier alpha value is -2.91. The van der Waals surface area contributed by atoms with Crippen molar-refractivity contribution < 1.29 is 14.4 Å². The molecular formula is C19H18ClN5O3S. The van der Waals surface area contributed by atoms with Crippen molar-refractivity contribution in [2.75, 3.05) is 0 Å². The van der Waals surface area contributed by atoms with E-state index >= 15 is 0 Å². The van der Waals surface area contributed by atoms with Crippen molar-refractivity contribution in [1.82, 2.24) is 25.5 Å². The van der Waals surface area contributed by atoms with Gasteiger partial charge in [0.2, 0.25) is 0 Å². The number of halogens is 1. The second kappa shape index (κ2) is 6.85. The van der Waals surface area contributed by atoms with Crippen LogP contribution in [0.5, 0.6) is 0 Å². The second-order valence-electron chi connectivity index (χ2n) is 6.98. The summed E-state index contributed by atoms with van der Waals surface area (Å²) in [4.78, 5) is 38.5. The van der Waals surface area contributed by atoms with Crippen molar-refractivity contribution >= 4 is 51.0 Å². The number of nitrogens with one attached hydrogen (secondary N) is 2. The van der Waals surface area contributed by atoms with Crippen LogP contribution in [0.25, 0.3) is 15.9 Å². The van der Waals surface area contributed by atoms with Crippen molar-refractivity contribution in [3.8, 4) is 5.69 Å². The molecule has 0 aliphatic carbocycles. The van der Waals surface area contributed by atoms with Gasteiger partial charge >= 0.3 is 6.03 Å². The maximum absolute atomic E-state index is 12.8. The van der Waals surface area contributed by atoms with Gasteiger partial charge in [-0.25, -0.2) is 9.48 Å². The number of aromatic nitrogens is 2. The number of fused-ring (bicyclic) bond motifs is 1. The number of hydrazine groups is 1. The molecule has 0 bridgehead atoms. The van der Waals surface area contributed by atoms with Crippen molar-refractivity contribution in [2.24, 2.45) is 0 Å². The van der Waals surface area contributed by atoms with Gasteiger partial charge in [0.25, 0.3) is 11.8 Å². The summed E-state index contributed by atoms with van der Waals surface area (Å²) < 4.78 is 1.69. The lowest BCUT2D eigenvalue weighted by molar-refractivity contribution is -0.132. The number of aryl methyl sites for hydroxylation is 1. The van der Waals surface area contributed by atoms with E-state index in [9.17, 15) is 14.4 Å². The quantitative estimate of drug-likeness (QED) is 0.618. The highest BCUT2D eigenvalue weighted by atomic mass is 35.5. The smallest absolute Gasteiger partial charge is 0.322 e. The topological polar surface area (TPSA) is 96.3 Å². The largest absolute Gasteiger partial charge is 0.344 e. The molecule has 1 aliphatic heterocycles. The molecule has 0 saturated carbocycles. The molecule has 150 valence electrons. The maximum Gasteiger partial charge on any atom is 0.344 e. The van der Waals surface area contributed by atoms with E-state index in [1.807, 2.05) is 25.1 Å². The molecule has 3 heterocycles. The molecule has 3 aromatic rings. The number of hydrogen-bond acceptors (Lipinski definition) is 5. The van der Waals surface area contributed by atoms with Gasteiger partial charge in [-0.2, -0.15) is 10.1 Å². The highest BCUT2D eigenvalue weighted by Gasteiger charge is 2.47. The molecular weight excluding hydrogens is 414 g/mol. The first-order chi connectivity index (χ1) is 13.7. The summed E-state index contributed by atoms with van der Waals surface area (Å²) in [6, 6.07) is 8.34. The van der Waals surface area contributed by atoms with Gasteiger partial charge in [0, 0.05) is 5.39 Å². The molecule has 4 rings (SSSR count). The molecule has 1 aliphatic rings. The SMILES string of the molecule is CCC1(C)NC(=O)N(NC(=O)c2cc3c(C)nn(-c4ccccc4Cl)c3s2)C1=O. The van der Waals surface area contributed by atoms with Gasteiger partial charge in [-0.1, -0.05) is 30.7 Å². The van der Waals surface area contributed by atoms with Gasteiger partial charge in [-0.05, 0) is 38.5 Å². The zero-order chi connectivity index (χ0) is 20.9. The molecule has 29 heavy (non-hydrogen) atoms. The van der Waals surface area contributed by atoms with Gasteiger partial charge in [0.05, 0.1) is 21.3 Å². The summed E-state index contributed by atoms with van der Waals surface area (Å²) in [5.74, 6) is -1.03. The third-order valence-electron chi connectivity index (χ3n) is 5.03. The number of nitrogens with zero attached hydrogens (tertiary/aromatic N) is 3. The predicted octanol–water partition coefficient (Wildman–Crippen LogP) is 3.41.